The molecule has 112 valence electrons. The molecule has 0 aliphatic carbocycles. The molecule has 4 nitrogen and oxygen atoms in total. The van der Waals surface area contributed by atoms with E-state index in [2.05, 4.69) is 22.2 Å². The Kier molecular flexibility index (Phi) is 6.20. The number of nitrogens with zero attached hydrogens (tertiary/aromatic N) is 2. The Balaban J connectivity index is 2.16. The lowest BCUT2D eigenvalue weighted by molar-refractivity contribution is 0.414. The normalized spacial score (nSPS) is 10.4. The van der Waals surface area contributed by atoms with E-state index in [0.717, 1.165) is 39.6 Å². The van der Waals surface area contributed by atoms with Gasteiger partial charge in [-0.15, -0.1) is 0 Å². The second-order valence-electron chi connectivity index (χ2n) is 4.28. The van der Waals surface area contributed by atoms with Crippen LogP contribution in [0.25, 0.3) is 0 Å². The molecule has 21 heavy (non-hydrogen) atoms. The first-order valence-corrected chi connectivity index (χ1v) is 8.78. The lowest BCUT2D eigenvalue weighted by atomic mass is 10.3. The van der Waals surface area contributed by atoms with E-state index in [1.165, 1.54) is 0 Å². The fourth-order valence-corrected chi connectivity index (χ4v) is 2.91. The summed E-state index contributed by atoms with van der Waals surface area (Å²) in [5.41, 5.74) is 0. The molecule has 1 aromatic carbocycles. The number of methoxy groups -OCH3 is 1. The molecule has 1 aromatic heterocycles. The van der Waals surface area contributed by atoms with Crippen molar-refractivity contribution in [3.05, 3.63) is 30.3 Å². The Hall–Kier alpha value is -1.40. The third-order valence-corrected chi connectivity index (χ3v) is 4.18. The first kappa shape index (κ1) is 16.0. The average Bonchev–Trinajstić information content (AvgIpc) is 2.53. The Morgan fingerprint density at radius 3 is 2.57 bits per heavy atom. The largest absolute Gasteiger partial charge is 0.497 e. The summed E-state index contributed by atoms with van der Waals surface area (Å²) in [5, 5.41) is 5.04. The van der Waals surface area contributed by atoms with E-state index in [1.807, 2.05) is 36.6 Å². The van der Waals surface area contributed by atoms with E-state index in [-0.39, 0.29) is 0 Å². The Bertz CT molecular complexity index is 576. The molecule has 0 spiro atoms. The zero-order valence-corrected chi connectivity index (χ0v) is 14.1. The SMILES string of the molecule is CCCNc1cc(Sc2ccc(OC)cc2)nc(SC)n1. The maximum atomic E-state index is 5.17. The van der Waals surface area contributed by atoms with Crippen molar-refractivity contribution in [3.8, 4) is 5.75 Å². The zero-order valence-electron chi connectivity index (χ0n) is 12.4. The van der Waals surface area contributed by atoms with E-state index >= 15 is 0 Å². The Morgan fingerprint density at radius 1 is 1.19 bits per heavy atom. The van der Waals surface area contributed by atoms with Gasteiger partial charge in [-0.3, -0.25) is 0 Å². The highest BCUT2D eigenvalue weighted by atomic mass is 32.2. The van der Waals surface area contributed by atoms with Crippen LogP contribution in [-0.2, 0) is 0 Å². The van der Waals surface area contributed by atoms with Crippen molar-refractivity contribution in [2.24, 2.45) is 0 Å². The molecule has 0 amide bonds. The van der Waals surface area contributed by atoms with Crippen LogP contribution in [0.15, 0.2) is 45.4 Å². The van der Waals surface area contributed by atoms with Gasteiger partial charge in [-0.2, -0.15) is 0 Å². The maximum Gasteiger partial charge on any atom is 0.190 e. The minimum atomic E-state index is 0.784. The number of hydrogen-bond acceptors (Lipinski definition) is 6. The second-order valence-corrected chi connectivity index (χ2v) is 6.15. The number of benzene rings is 1. The zero-order chi connectivity index (χ0) is 15.1. The fourth-order valence-electron chi connectivity index (χ4n) is 1.66. The molecule has 2 aromatic rings. The van der Waals surface area contributed by atoms with Gasteiger partial charge in [0, 0.05) is 17.5 Å². The lowest BCUT2D eigenvalue weighted by Gasteiger charge is -2.08. The van der Waals surface area contributed by atoms with Crippen LogP contribution in [0.5, 0.6) is 5.75 Å². The summed E-state index contributed by atoms with van der Waals surface area (Å²) in [5.74, 6) is 1.74. The molecule has 0 atom stereocenters. The van der Waals surface area contributed by atoms with Crippen molar-refractivity contribution >= 4 is 29.3 Å². The highest BCUT2D eigenvalue weighted by Gasteiger charge is 2.06. The van der Waals surface area contributed by atoms with Crippen LogP contribution in [0, 0.1) is 0 Å². The summed E-state index contributed by atoms with van der Waals surface area (Å²) in [7, 11) is 1.67. The van der Waals surface area contributed by atoms with Gasteiger partial charge in [0.1, 0.15) is 16.6 Å². The highest BCUT2D eigenvalue weighted by molar-refractivity contribution is 7.99. The Labute approximate surface area is 134 Å². The first-order chi connectivity index (χ1) is 10.2. The molecule has 1 N–H and O–H groups in total. The topological polar surface area (TPSA) is 47.0 Å². The van der Waals surface area contributed by atoms with Crippen molar-refractivity contribution in [2.45, 2.75) is 28.4 Å². The molecule has 2 rings (SSSR count). The number of thioether (sulfide) groups is 1. The van der Waals surface area contributed by atoms with Crippen LogP contribution in [0.4, 0.5) is 5.82 Å². The monoisotopic (exact) mass is 321 g/mol. The second kappa shape index (κ2) is 8.14. The van der Waals surface area contributed by atoms with E-state index in [1.54, 1.807) is 30.6 Å². The van der Waals surface area contributed by atoms with Crippen LogP contribution in [0.2, 0.25) is 0 Å². The summed E-state index contributed by atoms with van der Waals surface area (Å²) in [6.07, 6.45) is 3.06. The van der Waals surface area contributed by atoms with Crippen molar-refractivity contribution in [1.82, 2.24) is 9.97 Å². The lowest BCUT2D eigenvalue weighted by Crippen LogP contribution is -2.03. The third-order valence-electron chi connectivity index (χ3n) is 2.70. The average molecular weight is 321 g/mol. The van der Waals surface area contributed by atoms with Crippen LogP contribution in [0.1, 0.15) is 13.3 Å². The van der Waals surface area contributed by atoms with Crippen LogP contribution >= 0.6 is 23.5 Å². The summed E-state index contributed by atoms with van der Waals surface area (Å²) in [4.78, 5) is 10.1. The molecular formula is C15H19N3OS2. The third kappa shape index (κ3) is 4.82. The van der Waals surface area contributed by atoms with Crippen LogP contribution in [0.3, 0.4) is 0 Å². The fraction of sp³-hybridized carbons (Fsp3) is 0.333. The summed E-state index contributed by atoms with van der Waals surface area (Å²) in [6.45, 7) is 3.05. The van der Waals surface area contributed by atoms with Crippen LogP contribution < -0.4 is 10.1 Å². The van der Waals surface area contributed by atoms with Crippen molar-refractivity contribution in [3.63, 3.8) is 0 Å². The number of anilines is 1. The maximum absolute atomic E-state index is 5.17. The molecule has 1 heterocycles. The summed E-state index contributed by atoms with van der Waals surface area (Å²) >= 11 is 3.18. The molecule has 0 unspecified atom stereocenters. The molecule has 0 bridgehead atoms. The molecule has 0 fully saturated rings. The van der Waals surface area contributed by atoms with Gasteiger partial charge >= 0.3 is 0 Å². The summed E-state index contributed by atoms with van der Waals surface area (Å²) < 4.78 is 5.17. The molecule has 0 aliphatic rings. The van der Waals surface area contributed by atoms with E-state index < -0.39 is 0 Å². The predicted molar refractivity (Wildman–Crippen MR) is 89.7 cm³/mol. The number of aromatic nitrogens is 2. The van der Waals surface area contributed by atoms with Gasteiger partial charge in [0.05, 0.1) is 7.11 Å². The molecule has 6 heteroatoms. The minimum absolute atomic E-state index is 0.784. The standard InChI is InChI=1S/C15H19N3OS2/c1-4-9-16-13-10-14(18-15(17-13)20-3)21-12-7-5-11(19-2)6-8-12/h5-8,10H,4,9H2,1-3H3,(H,16,17,18). The molecule has 0 radical (unpaired) electrons. The molecule has 0 aliphatic heterocycles. The van der Waals surface area contributed by atoms with Gasteiger partial charge in [-0.05, 0) is 36.9 Å². The smallest absolute Gasteiger partial charge is 0.190 e. The first-order valence-electron chi connectivity index (χ1n) is 6.74. The van der Waals surface area contributed by atoms with Gasteiger partial charge in [0.15, 0.2) is 5.16 Å². The van der Waals surface area contributed by atoms with E-state index in [4.69, 9.17) is 4.74 Å². The van der Waals surface area contributed by atoms with E-state index in [9.17, 15) is 0 Å². The van der Waals surface area contributed by atoms with Crippen molar-refractivity contribution < 1.29 is 4.74 Å². The Morgan fingerprint density at radius 2 is 1.95 bits per heavy atom. The highest BCUT2D eigenvalue weighted by Crippen LogP contribution is 2.30. The van der Waals surface area contributed by atoms with Gasteiger partial charge < -0.3 is 10.1 Å². The van der Waals surface area contributed by atoms with Crippen LogP contribution in [-0.4, -0.2) is 29.9 Å². The quantitative estimate of drug-likeness (QED) is 0.469. The van der Waals surface area contributed by atoms with Crippen molar-refractivity contribution in [1.29, 1.82) is 0 Å². The number of nitrogens with one attached hydrogen (secondary N) is 1. The predicted octanol–water partition coefficient (Wildman–Crippen LogP) is 4.18. The number of hydrogen-bond donors (Lipinski definition) is 1. The molecule has 0 saturated heterocycles. The van der Waals surface area contributed by atoms with Gasteiger partial charge in [0.25, 0.3) is 0 Å². The van der Waals surface area contributed by atoms with Gasteiger partial charge in [0.2, 0.25) is 0 Å². The number of ether oxygens (including phenoxy) is 1. The van der Waals surface area contributed by atoms with E-state index in [0.29, 0.717) is 0 Å². The van der Waals surface area contributed by atoms with Gasteiger partial charge in [-0.25, -0.2) is 9.97 Å². The van der Waals surface area contributed by atoms with Gasteiger partial charge in [-0.1, -0.05) is 30.4 Å². The summed E-state index contributed by atoms with van der Waals surface area (Å²) in [6, 6.07) is 9.96. The minimum Gasteiger partial charge on any atom is -0.497 e. The number of rotatable bonds is 7. The van der Waals surface area contributed by atoms with Crippen molar-refractivity contribution in [2.75, 3.05) is 25.2 Å². The molecular weight excluding hydrogens is 302 g/mol. The molecule has 0 saturated carbocycles.